The first-order valence-corrected chi connectivity index (χ1v) is 8.42. The molecule has 4 unspecified atom stereocenters. The van der Waals surface area contributed by atoms with E-state index in [9.17, 15) is 9.90 Å². The Morgan fingerprint density at radius 1 is 1.32 bits per heavy atom. The quantitative estimate of drug-likeness (QED) is 0.629. The van der Waals surface area contributed by atoms with Gasteiger partial charge in [-0.15, -0.1) is 0 Å². The number of carbonyl (C=O) groups excluding carboxylic acids is 1. The number of aliphatic hydroxyl groups excluding tert-OH is 1. The van der Waals surface area contributed by atoms with Gasteiger partial charge in [-0.2, -0.15) is 0 Å². The highest BCUT2D eigenvalue weighted by molar-refractivity contribution is 5.99. The van der Waals surface area contributed by atoms with E-state index in [1.54, 1.807) is 6.92 Å². The molecule has 0 saturated heterocycles. The smallest absolute Gasteiger partial charge is 0.167 e. The fourth-order valence-corrected chi connectivity index (χ4v) is 4.83. The molecule has 118 valence electrons. The minimum atomic E-state index is -0.337. The number of carbonyl (C=O) groups is 1. The highest BCUT2D eigenvalue weighted by Gasteiger charge is 2.49. The highest BCUT2D eigenvalue weighted by atomic mass is 16.2. The number of hydrogen-bond acceptors (Lipinski definition) is 2. The zero-order chi connectivity index (χ0) is 15.9. The second kappa shape index (κ2) is 5.57. The number of hydrogen-bond donors (Lipinski definition) is 1. The largest absolute Gasteiger partial charge is 0.515 e. The average Bonchev–Trinajstić information content (AvgIpc) is 2.56. The summed E-state index contributed by atoms with van der Waals surface area (Å²) in [6, 6.07) is 8.81. The van der Waals surface area contributed by atoms with Crippen molar-refractivity contribution in [2.45, 2.75) is 52.4 Å². The van der Waals surface area contributed by atoms with Crippen LogP contribution in [-0.2, 0) is 11.2 Å². The maximum Gasteiger partial charge on any atom is 0.167 e. The van der Waals surface area contributed by atoms with Gasteiger partial charge in [0.05, 0.1) is 6.26 Å². The van der Waals surface area contributed by atoms with E-state index in [0.717, 1.165) is 25.5 Å². The van der Waals surface area contributed by atoms with Gasteiger partial charge in [0.15, 0.2) is 5.78 Å². The summed E-state index contributed by atoms with van der Waals surface area (Å²) >= 11 is 0. The Morgan fingerprint density at radius 2 is 2.05 bits per heavy atom. The number of fused-ring (bicyclic) bond motifs is 3. The Hall–Kier alpha value is -1.57. The molecular formula is C20H26O2. The number of Topliss-reactive ketones (excluding diaryl/α,β-unsaturated/α-hetero) is 1. The first-order chi connectivity index (χ1) is 10.5. The van der Waals surface area contributed by atoms with E-state index in [0.29, 0.717) is 23.3 Å². The van der Waals surface area contributed by atoms with Gasteiger partial charge in [-0.05, 0) is 61.5 Å². The van der Waals surface area contributed by atoms with Crippen molar-refractivity contribution < 1.29 is 9.90 Å². The van der Waals surface area contributed by atoms with Gasteiger partial charge < -0.3 is 5.11 Å². The molecule has 2 aliphatic rings. The summed E-state index contributed by atoms with van der Waals surface area (Å²) in [6.45, 7) is 6.07. The van der Waals surface area contributed by atoms with Gasteiger partial charge in [0.25, 0.3) is 0 Å². The van der Waals surface area contributed by atoms with Crippen LogP contribution in [-0.4, -0.2) is 10.9 Å². The fraction of sp³-hybridized carbons (Fsp3) is 0.550. The van der Waals surface area contributed by atoms with Crippen molar-refractivity contribution >= 4 is 5.78 Å². The predicted octanol–water partition coefficient (Wildman–Crippen LogP) is 4.80. The molecule has 4 atom stereocenters. The van der Waals surface area contributed by atoms with Crippen LogP contribution in [0.5, 0.6) is 0 Å². The molecule has 0 heterocycles. The molecule has 0 bridgehead atoms. The van der Waals surface area contributed by atoms with Gasteiger partial charge in [-0.3, -0.25) is 4.79 Å². The first kappa shape index (κ1) is 15.3. The lowest BCUT2D eigenvalue weighted by Gasteiger charge is -2.50. The molecular weight excluding hydrogens is 272 g/mol. The number of rotatable bonds is 2. The monoisotopic (exact) mass is 298 g/mol. The summed E-state index contributed by atoms with van der Waals surface area (Å²) in [5.74, 6) is 1.64. The van der Waals surface area contributed by atoms with Crippen LogP contribution in [0, 0.1) is 17.3 Å². The van der Waals surface area contributed by atoms with Crippen molar-refractivity contribution in [2.75, 3.05) is 0 Å². The van der Waals surface area contributed by atoms with Crippen LogP contribution in [0.25, 0.3) is 0 Å². The molecule has 1 N–H and O–H groups in total. The highest BCUT2D eigenvalue weighted by Crippen LogP contribution is 2.55. The zero-order valence-corrected chi connectivity index (χ0v) is 13.8. The van der Waals surface area contributed by atoms with Crippen molar-refractivity contribution in [1.29, 1.82) is 0 Å². The molecule has 2 aliphatic carbocycles. The van der Waals surface area contributed by atoms with Crippen LogP contribution in [0.2, 0.25) is 0 Å². The van der Waals surface area contributed by atoms with E-state index in [1.807, 2.05) is 0 Å². The van der Waals surface area contributed by atoms with E-state index < -0.39 is 0 Å². The third-order valence-corrected chi connectivity index (χ3v) is 6.41. The molecule has 0 amide bonds. The molecule has 0 aliphatic heterocycles. The van der Waals surface area contributed by atoms with Crippen LogP contribution in [0.3, 0.4) is 0 Å². The minimum Gasteiger partial charge on any atom is -0.515 e. The molecule has 0 spiro atoms. The van der Waals surface area contributed by atoms with Gasteiger partial charge in [-0.1, -0.05) is 38.1 Å². The number of aryl methyl sites for hydroxylation is 1. The maximum absolute atomic E-state index is 12.8. The molecule has 1 aromatic carbocycles. The Bertz CT molecular complexity index is 616. The topological polar surface area (TPSA) is 37.3 Å². The molecule has 0 radical (unpaired) electrons. The zero-order valence-electron chi connectivity index (χ0n) is 13.8. The standard InChI is InChI=1S/C20H26O2/c1-13(12-21)19(22)20(3)11-10-18-16(14(20)2)9-8-15-6-4-5-7-17(15)18/h4-7,12,14,16,18,21H,8-11H2,1-3H3/b13-12-. The summed E-state index contributed by atoms with van der Waals surface area (Å²) < 4.78 is 0. The fourth-order valence-electron chi connectivity index (χ4n) is 4.83. The van der Waals surface area contributed by atoms with Crippen molar-refractivity contribution in [3.05, 3.63) is 47.2 Å². The maximum atomic E-state index is 12.8. The third kappa shape index (κ3) is 2.20. The minimum absolute atomic E-state index is 0.125. The molecule has 1 aromatic rings. The van der Waals surface area contributed by atoms with Crippen molar-refractivity contribution in [1.82, 2.24) is 0 Å². The summed E-state index contributed by atoms with van der Waals surface area (Å²) in [7, 11) is 0. The molecule has 1 saturated carbocycles. The molecule has 3 rings (SSSR count). The van der Waals surface area contributed by atoms with E-state index in [1.165, 1.54) is 17.5 Å². The van der Waals surface area contributed by atoms with Crippen LogP contribution >= 0.6 is 0 Å². The normalized spacial score (nSPS) is 34.7. The summed E-state index contributed by atoms with van der Waals surface area (Å²) in [5.41, 5.74) is 3.16. The summed E-state index contributed by atoms with van der Waals surface area (Å²) in [6.07, 6.45) is 5.26. The van der Waals surface area contributed by atoms with Gasteiger partial charge in [-0.25, -0.2) is 0 Å². The second-order valence-electron chi connectivity index (χ2n) is 7.39. The van der Waals surface area contributed by atoms with Gasteiger partial charge >= 0.3 is 0 Å². The van der Waals surface area contributed by atoms with E-state index >= 15 is 0 Å². The summed E-state index contributed by atoms with van der Waals surface area (Å²) in [5, 5.41) is 9.22. The number of aliphatic hydroxyl groups is 1. The molecule has 2 heteroatoms. The van der Waals surface area contributed by atoms with Crippen LogP contribution in [0.1, 0.15) is 57.1 Å². The van der Waals surface area contributed by atoms with E-state index in [4.69, 9.17) is 0 Å². The molecule has 0 aromatic heterocycles. The van der Waals surface area contributed by atoms with Gasteiger partial charge in [0.1, 0.15) is 0 Å². The summed E-state index contributed by atoms with van der Waals surface area (Å²) in [4.78, 5) is 12.8. The van der Waals surface area contributed by atoms with Crippen molar-refractivity contribution in [2.24, 2.45) is 17.3 Å². The Labute approximate surface area is 133 Å². The lowest BCUT2D eigenvalue weighted by Crippen LogP contribution is -2.46. The molecule has 2 nitrogen and oxygen atoms in total. The molecule has 22 heavy (non-hydrogen) atoms. The van der Waals surface area contributed by atoms with Gasteiger partial charge in [0, 0.05) is 11.0 Å². The van der Waals surface area contributed by atoms with E-state index in [-0.39, 0.29) is 11.2 Å². The number of allylic oxidation sites excluding steroid dienone is 1. The van der Waals surface area contributed by atoms with Crippen molar-refractivity contribution in [3.63, 3.8) is 0 Å². The Kier molecular flexibility index (Phi) is 3.88. The number of ketones is 1. The van der Waals surface area contributed by atoms with Gasteiger partial charge in [0.2, 0.25) is 0 Å². The first-order valence-electron chi connectivity index (χ1n) is 8.42. The average molecular weight is 298 g/mol. The lowest BCUT2D eigenvalue weighted by atomic mass is 9.53. The Balaban J connectivity index is 1.92. The Morgan fingerprint density at radius 3 is 2.77 bits per heavy atom. The van der Waals surface area contributed by atoms with Crippen molar-refractivity contribution in [3.8, 4) is 0 Å². The van der Waals surface area contributed by atoms with Crippen LogP contribution in [0.15, 0.2) is 36.1 Å². The second-order valence-corrected chi connectivity index (χ2v) is 7.39. The lowest BCUT2D eigenvalue weighted by molar-refractivity contribution is -0.131. The van der Waals surface area contributed by atoms with E-state index in [2.05, 4.69) is 38.1 Å². The predicted molar refractivity (Wildman–Crippen MR) is 88.9 cm³/mol. The molecule has 1 fully saturated rings. The SMILES string of the molecule is C/C(=C/O)C(=O)C1(C)CCC2c3ccccc3CCC2C1C. The van der Waals surface area contributed by atoms with Crippen LogP contribution in [0.4, 0.5) is 0 Å². The number of benzene rings is 1. The van der Waals surface area contributed by atoms with Crippen LogP contribution < -0.4 is 0 Å². The third-order valence-electron chi connectivity index (χ3n) is 6.41.